The molecule has 1 unspecified atom stereocenters. The lowest BCUT2D eigenvalue weighted by molar-refractivity contribution is -0.115. The summed E-state index contributed by atoms with van der Waals surface area (Å²) in [5, 5.41) is 0. The monoisotopic (exact) mass is 485 g/mol. The Hall–Kier alpha value is -3.84. The zero-order valence-corrected chi connectivity index (χ0v) is 20.9. The molecule has 0 aliphatic carbocycles. The molecule has 0 spiro atoms. The summed E-state index contributed by atoms with van der Waals surface area (Å²) in [6.45, 7) is 6.22. The highest BCUT2D eigenvalue weighted by Gasteiger charge is 2.27. The van der Waals surface area contributed by atoms with Crippen LogP contribution in [-0.4, -0.2) is 42.2 Å². The fourth-order valence-electron chi connectivity index (χ4n) is 5.30. The molecule has 2 heterocycles. The Kier molecular flexibility index (Phi) is 6.65. The first-order chi connectivity index (χ1) is 17.5. The zero-order chi connectivity index (χ0) is 25.2. The van der Waals surface area contributed by atoms with Crippen LogP contribution in [0.2, 0.25) is 0 Å². The van der Waals surface area contributed by atoms with Gasteiger partial charge in [0.2, 0.25) is 5.91 Å². The predicted octanol–water partition coefficient (Wildman–Crippen LogP) is 4.90. The van der Waals surface area contributed by atoms with Crippen LogP contribution < -0.4 is 15.9 Å². The van der Waals surface area contributed by atoms with Crippen LogP contribution in [0.5, 0.6) is 5.75 Å². The van der Waals surface area contributed by atoms with Crippen molar-refractivity contribution in [2.24, 2.45) is 0 Å². The van der Waals surface area contributed by atoms with Gasteiger partial charge in [0, 0.05) is 30.5 Å². The van der Waals surface area contributed by atoms with E-state index >= 15 is 0 Å². The van der Waals surface area contributed by atoms with E-state index in [-0.39, 0.29) is 11.8 Å². The first kappa shape index (κ1) is 23.9. The molecule has 1 saturated heterocycles. The van der Waals surface area contributed by atoms with E-state index in [1.807, 2.05) is 31.2 Å². The SMILES string of the molecule is COc1c(C(CN2CCCC2)c2ccc(-c3ccccc3)cc2)cc2oc(=O)n(NC(C)=O)c2c1C. The molecule has 7 nitrogen and oxygen atoms in total. The second-order valence-electron chi connectivity index (χ2n) is 9.39. The third-order valence-corrected chi connectivity index (χ3v) is 6.99. The molecule has 5 rings (SSSR count). The van der Waals surface area contributed by atoms with E-state index in [0.717, 1.165) is 41.0 Å². The van der Waals surface area contributed by atoms with Crippen molar-refractivity contribution in [1.82, 2.24) is 9.58 Å². The molecule has 1 amide bonds. The van der Waals surface area contributed by atoms with Crippen LogP contribution in [0.1, 0.15) is 42.4 Å². The van der Waals surface area contributed by atoms with Crippen molar-refractivity contribution < 1.29 is 13.9 Å². The quantitative estimate of drug-likeness (QED) is 0.403. The van der Waals surface area contributed by atoms with Crippen molar-refractivity contribution in [1.29, 1.82) is 0 Å². The molecule has 186 valence electrons. The molecule has 1 aliphatic rings. The number of methoxy groups -OCH3 is 1. The average molecular weight is 486 g/mol. The van der Waals surface area contributed by atoms with E-state index < -0.39 is 5.76 Å². The summed E-state index contributed by atoms with van der Waals surface area (Å²) in [6.07, 6.45) is 2.40. The summed E-state index contributed by atoms with van der Waals surface area (Å²) < 4.78 is 12.7. The Balaban J connectivity index is 1.63. The van der Waals surface area contributed by atoms with E-state index in [9.17, 15) is 9.59 Å². The predicted molar refractivity (Wildman–Crippen MR) is 141 cm³/mol. The normalized spacial score (nSPS) is 14.8. The maximum absolute atomic E-state index is 12.6. The number of aryl methyl sites for hydroxylation is 1. The lowest BCUT2D eigenvalue weighted by Crippen LogP contribution is -2.29. The summed E-state index contributed by atoms with van der Waals surface area (Å²) in [5.41, 5.74) is 8.71. The summed E-state index contributed by atoms with van der Waals surface area (Å²) in [7, 11) is 1.64. The van der Waals surface area contributed by atoms with Crippen LogP contribution in [0.25, 0.3) is 22.2 Å². The number of ether oxygens (including phenoxy) is 1. The number of aromatic nitrogens is 1. The van der Waals surface area contributed by atoms with Gasteiger partial charge in [-0.3, -0.25) is 10.2 Å². The third kappa shape index (κ3) is 4.54. The Bertz CT molecular complexity index is 1430. The maximum atomic E-state index is 12.6. The van der Waals surface area contributed by atoms with Crippen molar-refractivity contribution in [3.05, 3.63) is 87.9 Å². The standard InChI is InChI=1S/C29H31N3O4/c1-19-27-26(36-29(34)32(27)30-20(2)33)17-24(28(19)35-3)25(18-31-15-7-8-16-31)23-13-11-22(12-14-23)21-9-5-4-6-10-21/h4-6,9-14,17,25H,7-8,15-16,18H2,1-3H3,(H,30,33). The molecule has 1 aromatic heterocycles. The van der Waals surface area contributed by atoms with Crippen LogP contribution in [0.4, 0.5) is 0 Å². The van der Waals surface area contributed by atoms with Gasteiger partial charge in [0.05, 0.1) is 7.11 Å². The highest BCUT2D eigenvalue weighted by Crippen LogP contribution is 2.39. The van der Waals surface area contributed by atoms with E-state index in [1.165, 1.54) is 30.9 Å². The van der Waals surface area contributed by atoms with Crippen molar-refractivity contribution in [3.8, 4) is 16.9 Å². The van der Waals surface area contributed by atoms with Crippen molar-refractivity contribution in [3.63, 3.8) is 0 Å². The van der Waals surface area contributed by atoms with Gasteiger partial charge in [-0.25, -0.2) is 4.79 Å². The van der Waals surface area contributed by atoms with Gasteiger partial charge in [-0.05, 0) is 55.6 Å². The van der Waals surface area contributed by atoms with Gasteiger partial charge in [-0.1, -0.05) is 54.6 Å². The van der Waals surface area contributed by atoms with Gasteiger partial charge in [-0.2, -0.15) is 4.68 Å². The molecule has 3 aromatic carbocycles. The Morgan fingerprint density at radius 2 is 1.72 bits per heavy atom. The third-order valence-electron chi connectivity index (χ3n) is 6.99. The summed E-state index contributed by atoms with van der Waals surface area (Å²) >= 11 is 0. The number of rotatable bonds is 7. The fraction of sp³-hybridized carbons (Fsp3) is 0.310. The van der Waals surface area contributed by atoms with E-state index in [1.54, 1.807) is 7.11 Å². The highest BCUT2D eigenvalue weighted by atomic mass is 16.5. The molecular formula is C29H31N3O4. The first-order valence-electron chi connectivity index (χ1n) is 12.3. The highest BCUT2D eigenvalue weighted by molar-refractivity contribution is 5.87. The van der Waals surface area contributed by atoms with Crippen LogP contribution in [-0.2, 0) is 4.79 Å². The smallest absolute Gasteiger partial charge is 0.439 e. The lowest BCUT2D eigenvalue weighted by Gasteiger charge is -2.26. The van der Waals surface area contributed by atoms with E-state index in [4.69, 9.17) is 9.15 Å². The molecule has 1 aliphatic heterocycles. The number of carbonyl (C=O) groups is 1. The second kappa shape index (κ2) is 10.0. The number of hydrogen-bond acceptors (Lipinski definition) is 5. The molecule has 0 radical (unpaired) electrons. The molecule has 0 bridgehead atoms. The number of carbonyl (C=O) groups excluding carboxylic acids is 1. The van der Waals surface area contributed by atoms with Gasteiger partial charge in [-0.15, -0.1) is 0 Å². The molecule has 4 aromatic rings. The Morgan fingerprint density at radius 3 is 2.36 bits per heavy atom. The number of hydrogen-bond donors (Lipinski definition) is 1. The summed E-state index contributed by atoms with van der Waals surface area (Å²) in [6, 6.07) is 20.9. The maximum Gasteiger partial charge on any atom is 0.439 e. The van der Waals surface area contributed by atoms with Crippen molar-refractivity contribution in [2.75, 3.05) is 32.2 Å². The molecule has 36 heavy (non-hydrogen) atoms. The van der Waals surface area contributed by atoms with E-state index in [0.29, 0.717) is 16.8 Å². The summed E-state index contributed by atoms with van der Waals surface area (Å²) in [4.78, 5) is 26.7. The lowest BCUT2D eigenvalue weighted by atomic mass is 9.87. The fourth-order valence-corrected chi connectivity index (χ4v) is 5.30. The number of nitrogens with zero attached hydrogens (tertiary/aromatic N) is 2. The minimum Gasteiger partial charge on any atom is -0.496 e. The number of nitrogens with one attached hydrogen (secondary N) is 1. The first-order valence-corrected chi connectivity index (χ1v) is 12.3. The van der Waals surface area contributed by atoms with Gasteiger partial charge >= 0.3 is 5.76 Å². The Labute approximate surface area is 210 Å². The number of amides is 1. The van der Waals surface area contributed by atoms with Crippen LogP contribution in [0.15, 0.2) is 69.9 Å². The number of likely N-dealkylation sites (tertiary alicyclic amines) is 1. The van der Waals surface area contributed by atoms with Crippen molar-refractivity contribution >= 4 is 17.0 Å². The number of oxazole rings is 1. The van der Waals surface area contributed by atoms with Crippen LogP contribution in [0, 0.1) is 6.92 Å². The minimum absolute atomic E-state index is 0.0143. The van der Waals surface area contributed by atoms with Crippen molar-refractivity contribution in [2.45, 2.75) is 32.6 Å². The topological polar surface area (TPSA) is 76.7 Å². The van der Waals surface area contributed by atoms with Crippen LogP contribution in [0.3, 0.4) is 0 Å². The zero-order valence-electron chi connectivity index (χ0n) is 20.9. The molecular weight excluding hydrogens is 454 g/mol. The molecule has 0 saturated carbocycles. The second-order valence-corrected chi connectivity index (χ2v) is 9.39. The molecule has 1 atom stereocenters. The molecule has 1 N–H and O–H groups in total. The largest absolute Gasteiger partial charge is 0.496 e. The van der Waals surface area contributed by atoms with Gasteiger partial charge in [0.25, 0.3) is 0 Å². The molecule has 7 heteroatoms. The number of benzene rings is 3. The van der Waals surface area contributed by atoms with Gasteiger partial charge in [0.1, 0.15) is 11.3 Å². The van der Waals surface area contributed by atoms with Gasteiger partial charge < -0.3 is 14.1 Å². The van der Waals surface area contributed by atoms with Crippen LogP contribution >= 0.6 is 0 Å². The number of fused-ring (bicyclic) bond motifs is 1. The minimum atomic E-state index is -0.634. The average Bonchev–Trinajstić information content (AvgIpc) is 3.50. The summed E-state index contributed by atoms with van der Waals surface area (Å²) in [5.74, 6) is -0.280. The Morgan fingerprint density at radius 1 is 1.06 bits per heavy atom. The van der Waals surface area contributed by atoms with E-state index in [2.05, 4.69) is 46.7 Å². The molecule has 1 fully saturated rings. The van der Waals surface area contributed by atoms with Gasteiger partial charge in [0.15, 0.2) is 5.58 Å².